The molecule has 2 heterocycles. The van der Waals surface area contributed by atoms with E-state index < -0.39 is 27.9 Å². The van der Waals surface area contributed by atoms with Crippen LogP contribution < -0.4 is 15.9 Å². The van der Waals surface area contributed by atoms with Gasteiger partial charge in [-0.3, -0.25) is 9.52 Å². The number of hydrogen-bond donors (Lipinski definition) is 3. The van der Waals surface area contributed by atoms with Crippen molar-refractivity contribution in [3.05, 3.63) is 47.7 Å². The molecule has 11 nitrogen and oxygen atoms in total. The molecule has 1 amide bonds. The number of rotatable bonds is 7. The molecular formula is C17H17F3N8O3S2. The highest BCUT2D eigenvalue weighted by molar-refractivity contribution is 7.99. The number of nitrogens with one attached hydrogen (secondary N) is 2. The van der Waals surface area contributed by atoms with Gasteiger partial charge >= 0.3 is 6.18 Å². The molecular weight excluding hydrogens is 485 g/mol. The highest BCUT2D eigenvalue weighted by Crippen LogP contribution is 2.29. The summed E-state index contributed by atoms with van der Waals surface area (Å²) in [5, 5.41) is 8.48. The molecule has 0 unspecified atom stereocenters. The Morgan fingerprint density at radius 2 is 1.82 bits per heavy atom. The van der Waals surface area contributed by atoms with E-state index in [4.69, 9.17) is 5.84 Å². The van der Waals surface area contributed by atoms with Gasteiger partial charge in [-0.15, -0.1) is 10.2 Å². The second-order valence-electron chi connectivity index (χ2n) is 6.58. The summed E-state index contributed by atoms with van der Waals surface area (Å²) < 4.78 is 65.7. The average Bonchev–Trinajstić information content (AvgIpc) is 3.06. The maximum atomic E-state index is 12.7. The predicted octanol–water partition coefficient (Wildman–Crippen LogP) is 1.95. The van der Waals surface area contributed by atoms with E-state index in [9.17, 15) is 26.4 Å². The number of sulfonamides is 1. The van der Waals surface area contributed by atoms with Gasteiger partial charge in [0.25, 0.3) is 15.8 Å². The second kappa shape index (κ2) is 9.22. The number of halogens is 3. The number of aromatic nitrogens is 5. The maximum Gasteiger partial charge on any atom is 0.453 e. The number of benzene rings is 1. The van der Waals surface area contributed by atoms with Crippen LogP contribution in [-0.2, 0) is 21.0 Å². The molecule has 0 aliphatic heterocycles. The van der Waals surface area contributed by atoms with Gasteiger partial charge in [-0.2, -0.15) is 13.2 Å². The SMILES string of the molecule is Cc1cc(NS(=O)(=O)c2ccc(NC(=O)CSc3nnc(C(F)(F)F)n3N)cc2)nc(C)n1. The van der Waals surface area contributed by atoms with E-state index in [0.29, 0.717) is 23.3 Å². The summed E-state index contributed by atoms with van der Waals surface area (Å²) in [7, 11) is -3.93. The lowest BCUT2D eigenvalue weighted by atomic mass is 10.3. The van der Waals surface area contributed by atoms with Gasteiger partial charge in [0.15, 0.2) is 0 Å². The fourth-order valence-electron chi connectivity index (χ4n) is 2.58. The van der Waals surface area contributed by atoms with Crippen molar-refractivity contribution in [3.8, 4) is 0 Å². The first-order valence-electron chi connectivity index (χ1n) is 9.00. The van der Waals surface area contributed by atoms with Crippen LogP contribution in [0.15, 0.2) is 40.4 Å². The third kappa shape index (κ3) is 6.10. The molecule has 0 radical (unpaired) electrons. The van der Waals surface area contributed by atoms with Crippen LogP contribution in [0.25, 0.3) is 0 Å². The van der Waals surface area contributed by atoms with Crippen molar-refractivity contribution in [1.29, 1.82) is 0 Å². The third-order valence-electron chi connectivity index (χ3n) is 3.90. The topological polar surface area (TPSA) is 158 Å². The molecule has 0 aliphatic carbocycles. The fourth-order valence-corrected chi connectivity index (χ4v) is 4.23. The number of thioether (sulfide) groups is 1. The third-order valence-corrected chi connectivity index (χ3v) is 6.22. The van der Waals surface area contributed by atoms with Gasteiger partial charge in [-0.1, -0.05) is 11.8 Å². The molecule has 3 aromatic rings. The predicted molar refractivity (Wildman–Crippen MR) is 113 cm³/mol. The van der Waals surface area contributed by atoms with E-state index in [1.54, 1.807) is 13.8 Å². The number of carbonyl (C=O) groups excluding carboxylic acids is 1. The van der Waals surface area contributed by atoms with E-state index in [1.807, 2.05) is 0 Å². The van der Waals surface area contributed by atoms with Gasteiger partial charge in [-0.25, -0.2) is 23.1 Å². The molecule has 4 N–H and O–H groups in total. The number of hydrogen-bond acceptors (Lipinski definition) is 9. The summed E-state index contributed by atoms with van der Waals surface area (Å²) in [6, 6.07) is 6.76. The van der Waals surface area contributed by atoms with Crippen LogP contribution in [0.5, 0.6) is 0 Å². The van der Waals surface area contributed by atoms with Crippen LogP contribution in [-0.4, -0.2) is 44.9 Å². The minimum absolute atomic E-state index is 0.0697. The minimum atomic E-state index is -4.77. The van der Waals surface area contributed by atoms with Gasteiger partial charge in [0, 0.05) is 17.4 Å². The smallest absolute Gasteiger partial charge is 0.335 e. The van der Waals surface area contributed by atoms with E-state index >= 15 is 0 Å². The summed E-state index contributed by atoms with van der Waals surface area (Å²) in [4.78, 5) is 20.1. The molecule has 176 valence electrons. The number of nitrogens with zero attached hydrogens (tertiary/aromatic N) is 5. The molecule has 3 rings (SSSR count). The van der Waals surface area contributed by atoms with Crippen LogP contribution in [0.2, 0.25) is 0 Å². The quantitative estimate of drug-likeness (QED) is 0.324. The minimum Gasteiger partial charge on any atom is -0.335 e. The Bertz CT molecular complexity index is 1260. The van der Waals surface area contributed by atoms with Crippen molar-refractivity contribution < 1.29 is 26.4 Å². The highest BCUT2D eigenvalue weighted by atomic mass is 32.2. The monoisotopic (exact) mass is 502 g/mol. The number of nitrogens with two attached hydrogens (primary N) is 1. The number of amides is 1. The first-order valence-corrected chi connectivity index (χ1v) is 11.5. The lowest BCUT2D eigenvalue weighted by Gasteiger charge is -2.10. The Kier molecular flexibility index (Phi) is 6.78. The van der Waals surface area contributed by atoms with Crippen molar-refractivity contribution in [2.24, 2.45) is 0 Å². The Balaban J connectivity index is 1.61. The van der Waals surface area contributed by atoms with Gasteiger partial charge in [0.1, 0.15) is 11.6 Å². The van der Waals surface area contributed by atoms with Crippen molar-refractivity contribution >= 4 is 39.2 Å². The molecule has 2 aromatic heterocycles. The number of aryl methyl sites for hydroxylation is 2. The highest BCUT2D eigenvalue weighted by Gasteiger charge is 2.38. The first-order chi connectivity index (χ1) is 15.3. The molecule has 1 aromatic carbocycles. The molecule has 0 spiro atoms. The van der Waals surface area contributed by atoms with Gasteiger partial charge < -0.3 is 11.2 Å². The molecule has 0 saturated heterocycles. The zero-order valence-electron chi connectivity index (χ0n) is 17.1. The molecule has 33 heavy (non-hydrogen) atoms. The van der Waals surface area contributed by atoms with Gasteiger partial charge in [0.2, 0.25) is 11.1 Å². The number of anilines is 2. The summed E-state index contributed by atoms with van der Waals surface area (Å²) in [5.41, 5.74) is 0.872. The number of carbonyl (C=O) groups is 1. The zero-order valence-corrected chi connectivity index (χ0v) is 18.7. The van der Waals surface area contributed by atoms with Gasteiger partial charge in [-0.05, 0) is 38.1 Å². The lowest BCUT2D eigenvalue weighted by Crippen LogP contribution is -2.22. The van der Waals surface area contributed by atoms with E-state index in [-0.39, 0.29) is 32.0 Å². The molecule has 0 saturated carbocycles. The zero-order chi connectivity index (χ0) is 24.4. The van der Waals surface area contributed by atoms with E-state index in [2.05, 4.69) is 30.2 Å². The summed E-state index contributed by atoms with van der Waals surface area (Å²) in [5.74, 6) is 3.57. The standard InChI is InChI=1S/C17H17F3N8O3S2/c1-9-7-13(23-10(2)22-9)27-33(30,31)12-5-3-11(4-6-12)24-14(29)8-32-16-26-25-15(28(16)21)17(18,19)20/h3-7H,8,21H2,1-2H3,(H,24,29)(H,22,23,27). The lowest BCUT2D eigenvalue weighted by molar-refractivity contribution is -0.146. The van der Waals surface area contributed by atoms with E-state index in [0.717, 1.165) is 0 Å². The van der Waals surface area contributed by atoms with E-state index in [1.165, 1.54) is 30.3 Å². The normalized spacial score (nSPS) is 11.9. The largest absolute Gasteiger partial charge is 0.453 e. The van der Waals surface area contributed by atoms with Gasteiger partial charge in [0.05, 0.1) is 10.6 Å². The average molecular weight is 503 g/mol. The second-order valence-corrected chi connectivity index (χ2v) is 9.21. The van der Waals surface area contributed by atoms with Crippen LogP contribution in [0.4, 0.5) is 24.7 Å². The molecule has 0 atom stereocenters. The molecule has 0 fully saturated rings. The summed E-state index contributed by atoms with van der Waals surface area (Å²) >= 11 is 0.657. The Morgan fingerprint density at radius 3 is 2.39 bits per heavy atom. The number of nitrogen functional groups attached to an aromatic ring is 1. The molecule has 16 heteroatoms. The first kappa shape index (κ1) is 24.2. The fraction of sp³-hybridized carbons (Fsp3) is 0.235. The van der Waals surface area contributed by atoms with Crippen molar-refractivity contribution in [2.75, 3.05) is 21.6 Å². The molecule has 0 bridgehead atoms. The molecule has 0 aliphatic rings. The Labute approximate surface area is 190 Å². The number of alkyl halides is 3. The van der Waals surface area contributed by atoms with Crippen molar-refractivity contribution in [3.63, 3.8) is 0 Å². The van der Waals surface area contributed by atoms with Crippen molar-refractivity contribution in [1.82, 2.24) is 24.8 Å². The summed E-state index contributed by atoms with van der Waals surface area (Å²) in [6.45, 7) is 3.34. The van der Waals surface area contributed by atoms with Crippen LogP contribution >= 0.6 is 11.8 Å². The Hall–Kier alpha value is -3.40. The maximum absolute atomic E-state index is 12.7. The summed E-state index contributed by atoms with van der Waals surface area (Å²) in [6.07, 6.45) is -4.77. The van der Waals surface area contributed by atoms with Crippen molar-refractivity contribution in [2.45, 2.75) is 30.1 Å². The van der Waals surface area contributed by atoms with Crippen LogP contribution in [0.3, 0.4) is 0 Å². The van der Waals surface area contributed by atoms with Crippen LogP contribution in [0.1, 0.15) is 17.3 Å². The van der Waals surface area contributed by atoms with Crippen LogP contribution in [0, 0.1) is 13.8 Å². The Morgan fingerprint density at radius 1 is 1.15 bits per heavy atom.